The maximum absolute atomic E-state index is 11.2. The van der Waals surface area contributed by atoms with Crippen LogP contribution in [0.5, 0.6) is 0 Å². The van der Waals surface area contributed by atoms with E-state index < -0.39 is 0 Å². The molecule has 1 aromatic heterocycles. The summed E-state index contributed by atoms with van der Waals surface area (Å²) in [6, 6.07) is 2.00. The molecule has 0 aromatic carbocycles. The maximum atomic E-state index is 11.2. The predicted octanol–water partition coefficient (Wildman–Crippen LogP) is 1.64. The zero-order valence-corrected chi connectivity index (χ0v) is 8.73. The number of carbonyl (C=O) groups is 1. The highest BCUT2D eigenvalue weighted by atomic mass is 32.1. The Morgan fingerprint density at radius 1 is 1.62 bits per heavy atom. The van der Waals surface area contributed by atoms with Gasteiger partial charge in [0.05, 0.1) is 0 Å². The molecule has 1 rings (SSSR count). The predicted molar refractivity (Wildman–Crippen MR) is 56.1 cm³/mol. The summed E-state index contributed by atoms with van der Waals surface area (Å²) in [5, 5.41) is 7.21. The summed E-state index contributed by atoms with van der Waals surface area (Å²) < 4.78 is 0. The largest absolute Gasteiger partial charge is 0.384 e. The number of hydrogen-bond acceptors (Lipinski definition) is 3. The van der Waals surface area contributed by atoms with Gasteiger partial charge in [-0.05, 0) is 11.4 Å². The van der Waals surface area contributed by atoms with Crippen molar-refractivity contribution in [3.63, 3.8) is 0 Å². The number of hydrogen-bond donors (Lipinski definition) is 1. The van der Waals surface area contributed by atoms with Gasteiger partial charge in [-0.1, -0.05) is 0 Å². The fraction of sp³-hybridized carbons (Fsp3) is 0.444. The smallest absolute Gasteiger partial charge is 0.223 e. The molecule has 0 radical (unpaired) electrons. The van der Waals surface area contributed by atoms with Gasteiger partial charge in [0.2, 0.25) is 5.91 Å². The van der Waals surface area contributed by atoms with Crippen LogP contribution in [0.4, 0.5) is 5.69 Å². The molecule has 1 N–H and O–H groups in total. The number of rotatable bonds is 4. The van der Waals surface area contributed by atoms with Gasteiger partial charge in [-0.3, -0.25) is 4.79 Å². The third-order valence-electron chi connectivity index (χ3n) is 1.69. The standard InChI is InChI=1S/C9H14N2OS/c1-11(2)9(12)3-5-10-8-4-6-13-7-8/h4,6-7,10H,3,5H2,1-2H3. The highest BCUT2D eigenvalue weighted by molar-refractivity contribution is 7.08. The molecular weight excluding hydrogens is 184 g/mol. The summed E-state index contributed by atoms with van der Waals surface area (Å²) in [7, 11) is 3.54. The lowest BCUT2D eigenvalue weighted by Gasteiger charge is -2.10. The van der Waals surface area contributed by atoms with E-state index in [1.54, 1.807) is 30.3 Å². The molecule has 0 aliphatic rings. The first-order valence-electron chi connectivity index (χ1n) is 4.16. The molecule has 3 nitrogen and oxygen atoms in total. The van der Waals surface area contributed by atoms with Gasteiger partial charge in [0.1, 0.15) is 0 Å². The second-order valence-electron chi connectivity index (χ2n) is 2.98. The molecule has 0 atom stereocenters. The number of thiophene rings is 1. The van der Waals surface area contributed by atoms with Crippen LogP contribution in [0.1, 0.15) is 6.42 Å². The average Bonchev–Trinajstić information content (AvgIpc) is 2.56. The first kappa shape index (κ1) is 10.1. The Morgan fingerprint density at radius 2 is 2.38 bits per heavy atom. The topological polar surface area (TPSA) is 32.3 Å². The third-order valence-corrected chi connectivity index (χ3v) is 2.37. The van der Waals surface area contributed by atoms with Crippen molar-refractivity contribution in [1.29, 1.82) is 0 Å². The molecule has 0 bridgehead atoms. The van der Waals surface area contributed by atoms with E-state index in [1.807, 2.05) is 16.8 Å². The van der Waals surface area contributed by atoms with E-state index >= 15 is 0 Å². The molecule has 13 heavy (non-hydrogen) atoms. The fourth-order valence-corrected chi connectivity index (χ4v) is 1.51. The van der Waals surface area contributed by atoms with Gasteiger partial charge in [0.25, 0.3) is 0 Å². The van der Waals surface area contributed by atoms with Crippen LogP contribution in [-0.4, -0.2) is 31.4 Å². The van der Waals surface area contributed by atoms with Crippen molar-refractivity contribution in [2.75, 3.05) is 26.0 Å². The molecule has 1 heterocycles. The van der Waals surface area contributed by atoms with Crippen molar-refractivity contribution in [1.82, 2.24) is 4.90 Å². The first-order valence-corrected chi connectivity index (χ1v) is 5.10. The fourth-order valence-electron chi connectivity index (χ4n) is 0.902. The van der Waals surface area contributed by atoms with E-state index in [9.17, 15) is 4.79 Å². The molecule has 0 fully saturated rings. The Bertz CT molecular complexity index is 257. The second-order valence-corrected chi connectivity index (χ2v) is 3.76. The molecule has 1 amide bonds. The summed E-state index contributed by atoms with van der Waals surface area (Å²) in [6.45, 7) is 0.702. The SMILES string of the molecule is CN(C)C(=O)CCNc1ccsc1. The Balaban J connectivity index is 2.18. The normalized spacial score (nSPS) is 9.69. The molecule has 0 saturated carbocycles. The first-order chi connectivity index (χ1) is 6.20. The number of nitrogens with one attached hydrogen (secondary N) is 1. The summed E-state index contributed by atoms with van der Waals surface area (Å²) in [5.41, 5.74) is 1.09. The van der Waals surface area contributed by atoms with Crippen LogP contribution in [-0.2, 0) is 4.79 Å². The minimum Gasteiger partial charge on any atom is -0.384 e. The Labute approximate surface area is 82.4 Å². The molecule has 4 heteroatoms. The number of anilines is 1. The summed E-state index contributed by atoms with van der Waals surface area (Å²) in [4.78, 5) is 12.8. The maximum Gasteiger partial charge on any atom is 0.223 e. The van der Waals surface area contributed by atoms with Crippen molar-refractivity contribution in [2.45, 2.75) is 6.42 Å². The minimum absolute atomic E-state index is 0.155. The zero-order valence-electron chi connectivity index (χ0n) is 7.91. The quantitative estimate of drug-likeness (QED) is 0.797. The van der Waals surface area contributed by atoms with Crippen molar-refractivity contribution in [3.8, 4) is 0 Å². The lowest BCUT2D eigenvalue weighted by molar-refractivity contribution is -0.128. The molecule has 0 aliphatic heterocycles. The average molecular weight is 198 g/mol. The Hall–Kier alpha value is -1.03. The van der Waals surface area contributed by atoms with Crippen LogP contribution in [0.2, 0.25) is 0 Å². The molecule has 0 aliphatic carbocycles. The second kappa shape index (κ2) is 4.87. The number of carbonyl (C=O) groups excluding carboxylic acids is 1. The molecule has 72 valence electrons. The summed E-state index contributed by atoms with van der Waals surface area (Å²) in [5.74, 6) is 0.155. The van der Waals surface area contributed by atoms with E-state index in [4.69, 9.17) is 0 Å². The molecule has 0 unspecified atom stereocenters. The molecular formula is C9H14N2OS. The van der Waals surface area contributed by atoms with Gasteiger partial charge in [-0.2, -0.15) is 11.3 Å². The highest BCUT2D eigenvalue weighted by Gasteiger charge is 2.02. The van der Waals surface area contributed by atoms with Crippen LogP contribution in [0, 0.1) is 0 Å². The Morgan fingerprint density at radius 3 is 2.92 bits per heavy atom. The van der Waals surface area contributed by atoms with Crippen LogP contribution in [0.15, 0.2) is 16.8 Å². The van der Waals surface area contributed by atoms with Gasteiger partial charge in [0.15, 0.2) is 0 Å². The minimum atomic E-state index is 0.155. The van der Waals surface area contributed by atoms with Crippen LogP contribution < -0.4 is 5.32 Å². The van der Waals surface area contributed by atoms with Crippen LogP contribution >= 0.6 is 11.3 Å². The van der Waals surface area contributed by atoms with E-state index in [2.05, 4.69) is 5.32 Å². The zero-order chi connectivity index (χ0) is 9.68. The van der Waals surface area contributed by atoms with E-state index in [0.717, 1.165) is 5.69 Å². The monoisotopic (exact) mass is 198 g/mol. The van der Waals surface area contributed by atoms with E-state index in [0.29, 0.717) is 13.0 Å². The van der Waals surface area contributed by atoms with Crippen molar-refractivity contribution >= 4 is 22.9 Å². The lowest BCUT2D eigenvalue weighted by Crippen LogP contribution is -2.23. The molecule has 0 spiro atoms. The molecule has 1 aromatic rings. The van der Waals surface area contributed by atoms with Gasteiger partial charge in [-0.25, -0.2) is 0 Å². The van der Waals surface area contributed by atoms with Crippen LogP contribution in [0.3, 0.4) is 0 Å². The third kappa shape index (κ3) is 3.46. The van der Waals surface area contributed by atoms with E-state index in [-0.39, 0.29) is 5.91 Å². The lowest BCUT2D eigenvalue weighted by atomic mass is 10.3. The van der Waals surface area contributed by atoms with E-state index in [1.165, 1.54) is 0 Å². The summed E-state index contributed by atoms with van der Waals surface area (Å²) in [6.07, 6.45) is 0.544. The van der Waals surface area contributed by atoms with Crippen molar-refractivity contribution in [2.24, 2.45) is 0 Å². The highest BCUT2D eigenvalue weighted by Crippen LogP contribution is 2.11. The number of nitrogens with zero attached hydrogens (tertiary/aromatic N) is 1. The van der Waals surface area contributed by atoms with Crippen molar-refractivity contribution in [3.05, 3.63) is 16.8 Å². The summed E-state index contributed by atoms with van der Waals surface area (Å²) >= 11 is 1.65. The number of amides is 1. The van der Waals surface area contributed by atoms with Gasteiger partial charge >= 0.3 is 0 Å². The van der Waals surface area contributed by atoms with Crippen molar-refractivity contribution < 1.29 is 4.79 Å². The molecule has 0 saturated heterocycles. The van der Waals surface area contributed by atoms with Crippen LogP contribution in [0.25, 0.3) is 0 Å². The van der Waals surface area contributed by atoms with Gasteiger partial charge in [-0.15, -0.1) is 0 Å². The Kier molecular flexibility index (Phi) is 3.76. The van der Waals surface area contributed by atoms with Gasteiger partial charge < -0.3 is 10.2 Å². The van der Waals surface area contributed by atoms with Gasteiger partial charge in [0, 0.05) is 38.1 Å².